The van der Waals surface area contributed by atoms with Gasteiger partial charge in [-0.1, -0.05) is 24.3 Å². The van der Waals surface area contributed by atoms with E-state index >= 15 is 0 Å². The Morgan fingerprint density at radius 1 is 1.10 bits per heavy atom. The fraction of sp³-hybridized carbons (Fsp3) is 0.294. The largest absolute Gasteiger partial charge is 0.460 e. The zero-order valence-electron chi connectivity index (χ0n) is 12.5. The average Bonchev–Trinajstić information content (AvgIpc) is 2.40. The van der Waals surface area contributed by atoms with Gasteiger partial charge in [-0.25, -0.2) is 4.98 Å². The van der Waals surface area contributed by atoms with E-state index in [-0.39, 0.29) is 12.4 Å². The SMILES string of the molecule is CC(C)(C)OC(=O)Cc1ccc(Oc2ccccc2)nc1. The Kier molecular flexibility index (Phi) is 4.58. The molecule has 0 aliphatic carbocycles. The van der Waals surface area contributed by atoms with Gasteiger partial charge in [-0.3, -0.25) is 4.79 Å². The molecule has 4 heteroatoms. The van der Waals surface area contributed by atoms with Crippen LogP contribution < -0.4 is 4.74 Å². The Balaban J connectivity index is 1.95. The number of rotatable bonds is 4. The van der Waals surface area contributed by atoms with Crippen LogP contribution in [0.5, 0.6) is 11.6 Å². The quantitative estimate of drug-likeness (QED) is 0.803. The van der Waals surface area contributed by atoms with Gasteiger partial charge in [-0.15, -0.1) is 0 Å². The zero-order valence-corrected chi connectivity index (χ0v) is 12.5. The Hall–Kier alpha value is -2.36. The van der Waals surface area contributed by atoms with E-state index < -0.39 is 5.60 Å². The van der Waals surface area contributed by atoms with Gasteiger partial charge in [0.05, 0.1) is 6.42 Å². The molecule has 0 amide bonds. The minimum absolute atomic E-state index is 0.204. The number of pyridine rings is 1. The van der Waals surface area contributed by atoms with Gasteiger partial charge in [0.2, 0.25) is 5.88 Å². The molecule has 0 aliphatic rings. The third-order valence-electron chi connectivity index (χ3n) is 2.53. The average molecular weight is 285 g/mol. The number of para-hydroxylation sites is 1. The predicted octanol–water partition coefficient (Wildman–Crippen LogP) is 3.76. The number of esters is 1. The molecule has 0 saturated heterocycles. The van der Waals surface area contributed by atoms with E-state index in [1.807, 2.05) is 57.2 Å². The summed E-state index contributed by atoms with van der Waals surface area (Å²) >= 11 is 0. The number of carbonyl (C=O) groups is 1. The van der Waals surface area contributed by atoms with Crippen molar-refractivity contribution in [2.45, 2.75) is 32.8 Å². The summed E-state index contributed by atoms with van der Waals surface area (Å²) in [5.74, 6) is 0.958. The second kappa shape index (κ2) is 6.39. The van der Waals surface area contributed by atoms with E-state index in [1.165, 1.54) is 0 Å². The van der Waals surface area contributed by atoms with Crippen molar-refractivity contribution in [1.82, 2.24) is 4.98 Å². The lowest BCUT2D eigenvalue weighted by Gasteiger charge is -2.19. The molecular formula is C17H19NO3. The van der Waals surface area contributed by atoms with Gasteiger partial charge in [0.25, 0.3) is 0 Å². The number of carbonyl (C=O) groups excluding carboxylic acids is 1. The summed E-state index contributed by atoms with van der Waals surface area (Å²) in [4.78, 5) is 15.9. The van der Waals surface area contributed by atoms with Crippen molar-refractivity contribution in [3.8, 4) is 11.6 Å². The number of nitrogens with zero attached hydrogens (tertiary/aromatic N) is 1. The number of ether oxygens (including phenoxy) is 2. The van der Waals surface area contributed by atoms with Gasteiger partial charge in [-0.05, 0) is 38.5 Å². The normalized spacial score (nSPS) is 11.0. The highest BCUT2D eigenvalue weighted by atomic mass is 16.6. The van der Waals surface area contributed by atoms with Crippen LogP contribution in [0.15, 0.2) is 48.7 Å². The molecule has 110 valence electrons. The molecule has 0 unspecified atom stereocenters. The number of hydrogen-bond acceptors (Lipinski definition) is 4. The van der Waals surface area contributed by atoms with Gasteiger partial charge >= 0.3 is 5.97 Å². The van der Waals surface area contributed by atoms with Crippen LogP contribution in [-0.2, 0) is 16.0 Å². The van der Waals surface area contributed by atoms with E-state index in [2.05, 4.69) is 4.98 Å². The summed E-state index contributed by atoms with van der Waals surface area (Å²) < 4.78 is 10.9. The van der Waals surface area contributed by atoms with E-state index in [1.54, 1.807) is 12.3 Å². The molecule has 2 aromatic rings. The second-order valence-electron chi connectivity index (χ2n) is 5.68. The van der Waals surface area contributed by atoms with Crippen molar-refractivity contribution >= 4 is 5.97 Å². The summed E-state index contributed by atoms with van der Waals surface area (Å²) in [5, 5.41) is 0. The first-order valence-electron chi connectivity index (χ1n) is 6.82. The van der Waals surface area contributed by atoms with Crippen LogP contribution in [0.25, 0.3) is 0 Å². The van der Waals surface area contributed by atoms with Crippen molar-refractivity contribution in [3.63, 3.8) is 0 Å². The van der Waals surface area contributed by atoms with Crippen molar-refractivity contribution < 1.29 is 14.3 Å². The summed E-state index contributed by atoms with van der Waals surface area (Å²) in [6, 6.07) is 13.0. The molecule has 0 fully saturated rings. The molecule has 0 N–H and O–H groups in total. The first-order valence-corrected chi connectivity index (χ1v) is 6.82. The van der Waals surface area contributed by atoms with Crippen LogP contribution in [0, 0.1) is 0 Å². The first kappa shape index (κ1) is 15.0. The van der Waals surface area contributed by atoms with Crippen LogP contribution in [0.3, 0.4) is 0 Å². The zero-order chi connectivity index (χ0) is 15.3. The standard InChI is InChI=1S/C17H19NO3/c1-17(2,3)21-16(19)11-13-9-10-15(18-12-13)20-14-7-5-4-6-8-14/h4-10,12H,11H2,1-3H3. The maximum absolute atomic E-state index is 11.7. The van der Waals surface area contributed by atoms with Crippen LogP contribution in [0.1, 0.15) is 26.3 Å². The highest BCUT2D eigenvalue weighted by Crippen LogP contribution is 2.19. The molecule has 0 saturated carbocycles. The van der Waals surface area contributed by atoms with Crippen LogP contribution in [0.4, 0.5) is 0 Å². The molecule has 21 heavy (non-hydrogen) atoms. The molecule has 0 radical (unpaired) electrons. The smallest absolute Gasteiger partial charge is 0.310 e. The van der Waals surface area contributed by atoms with Gasteiger partial charge in [0, 0.05) is 12.3 Å². The number of aromatic nitrogens is 1. The molecule has 0 atom stereocenters. The highest BCUT2D eigenvalue weighted by molar-refractivity contribution is 5.72. The minimum Gasteiger partial charge on any atom is -0.460 e. The predicted molar refractivity (Wildman–Crippen MR) is 80.3 cm³/mol. The van der Waals surface area contributed by atoms with Gasteiger partial charge in [0.15, 0.2) is 0 Å². The fourth-order valence-corrected chi connectivity index (χ4v) is 1.73. The topological polar surface area (TPSA) is 48.4 Å². The lowest BCUT2D eigenvalue weighted by Crippen LogP contribution is -2.24. The molecule has 2 rings (SSSR count). The van der Waals surface area contributed by atoms with Gasteiger partial charge < -0.3 is 9.47 Å². The fourth-order valence-electron chi connectivity index (χ4n) is 1.73. The van der Waals surface area contributed by atoms with Gasteiger partial charge in [-0.2, -0.15) is 0 Å². The van der Waals surface area contributed by atoms with Crippen molar-refractivity contribution in [1.29, 1.82) is 0 Å². The molecule has 1 aromatic heterocycles. The number of benzene rings is 1. The number of hydrogen-bond donors (Lipinski definition) is 0. The molecular weight excluding hydrogens is 266 g/mol. The van der Waals surface area contributed by atoms with Crippen LogP contribution >= 0.6 is 0 Å². The Morgan fingerprint density at radius 3 is 2.38 bits per heavy atom. The maximum atomic E-state index is 11.7. The summed E-state index contributed by atoms with van der Waals surface area (Å²) in [7, 11) is 0. The van der Waals surface area contributed by atoms with E-state index in [0.717, 1.165) is 11.3 Å². The second-order valence-corrected chi connectivity index (χ2v) is 5.68. The molecule has 1 heterocycles. The van der Waals surface area contributed by atoms with Crippen molar-refractivity contribution in [3.05, 3.63) is 54.2 Å². The molecule has 4 nitrogen and oxygen atoms in total. The molecule has 0 spiro atoms. The maximum Gasteiger partial charge on any atom is 0.310 e. The highest BCUT2D eigenvalue weighted by Gasteiger charge is 2.16. The van der Waals surface area contributed by atoms with Gasteiger partial charge in [0.1, 0.15) is 11.4 Å². The van der Waals surface area contributed by atoms with E-state index in [0.29, 0.717) is 5.88 Å². The Labute approximate surface area is 124 Å². The lowest BCUT2D eigenvalue weighted by molar-refractivity contribution is -0.153. The molecule has 0 bridgehead atoms. The first-order chi connectivity index (χ1) is 9.92. The van der Waals surface area contributed by atoms with Crippen LogP contribution in [-0.4, -0.2) is 16.6 Å². The monoisotopic (exact) mass is 285 g/mol. The summed E-state index contributed by atoms with van der Waals surface area (Å²) in [5.41, 5.74) is 0.325. The third kappa shape index (κ3) is 5.26. The van der Waals surface area contributed by atoms with Crippen LogP contribution in [0.2, 0.25) is 0 Å². The molecule has 0 aliphatic heterocycles. The Bertz CT molecular complexity index is 586. The molecule has 1 aromatic carbocycles. The van der Waals surface area contributed by atoms with E-state index in [9.17, 15) is 4.79 Å². The van der Waals surface area contributed by atoms with Crippen molar-refractivity contribution in [2.75, 3.05) is 0 Å². The van der Waals surface area contributed by atoms with E-state index in [4.69, 9.17) is 9.47 Å². The Morgan fingerprint density at radius 2 is 1.81 bits per heavy atom. The lowest BCUT2D eigenvalue weighted by atomic mass is 10.2. The van der Waals surface area contributed by atoms with Crippen molar-refractivity contribution in [2.24, 2.45) is 0 Å². The summed E-state index contributed by atoms with van der Waals surface area (Å²) in [6.07, 6.45) is 1.83. The minimum atomic E-state index is -0.471. The summed E-state index contributed by atoms with van der Waals surface area (Å²) in [6.45, 7) is 5.54. The third-order valence-corrected chi connectivity index (χ3v) is 2.53.